The third-order valence-electron chi connectivity index (χ3n) is 4.58. The summed E-state index contributed by atoms with van der Waals surface area (Å²) in [7, 11) is 0. The first-order valence-electron chi connectivity index (χ1n) is 10.7. The number of thiocarbonyl (C=S) groups is 1. The molecule has 0 atom stereocenters. The Balaban J connectivity index is 2.29. The van der Waals surface area contributed by atoms with Crippen molar-refractivity contribution in [1.29, 1.82) is 0 Å². The van der Waals surface area contributed by atoms with E-state index in [-0.39, 0.29) is 26.9 Å². The smallest absolute Gasteiger partial charge is 0.257 e. The number of nitrogens with one attached hydrogen (secondary N) is 2. The van der Waals surface area contributed by atoms with Gasteiger partial charge in [0.1, 0.15) is 0 Å². The molecule has 9 heteroatoms. The second kappa shape index (κ2) is 11.4. The summed E-state index contributed by atoms with van der Waals surface area (Å²) in [5.41, 5.74) is 1.28. The fraction of sp³-hybridized carbons (Fsp3) is 0.417. The molecule has 33 heavy (non-hydrogen) atoms. The van der Waals surface area contributed by atoms with Crippen LogP contribution in [-0.4, -0.2) is 35.9 Å². The molecule has 3 N–H and O–H groups in total. The van der Waals surface area contributed by atoms with Crippen molar-refractivity contribution in [3.63, 3.8) is 0 Å². The number of ether oxygens (including phenoxy) is 3. The number of hydrogen-bond acceptors (Lipinski definition) is 6. The van der Waals surface area contributed by atoms with Gasteiger partial charge in [-0.1, -0.05) is 32.4 Å². The minimum atomic E-state index is -0.477. The molecule has 0 radical (unpaired) electrons. The van der Waals surface area contributed by atoms with Crippen molar-refractivity contribution in [2.24, 2.45) is 0 Å². The maximum atomic E-state index is 12.9. The van der Waals surface area contributed by atoms with Crippen LogP contribution in [0.3, 0.4) is 0 Å². The molecule has 0 saturated heterocycles. The van der Waals surface area contributed by atoms with E-state index in [2.05, 4.69) is 10.6 Å². The van der Waals surface area contributed by atoms with Crippen molar-refractivity contribution >= 4 is 40.5 Å². The van der Waals surface area contributed by atoms with Gasteiger partial charge in [-0.2, -0.15) is 0 Å². The molecule has 2 aromatic rings. The number of phenolic OH excluding ortho intramolecular Hbond substituents is 1. The molecule has 0 fully saturated rings. The quantitative estimate of drug-likeness (QED) is 0.322. The van der Waals surface area contributed by atoms with E-state index in [9.17, 15) is 9.90 Å². The third kappa shape index (κ3) is 6.88. The minimum Gasteiger partial charge on any atom is -0.504 e. The molecule has 0 heterocycles. The van der Waals surface area contributed by atoms with E-state index in [1.807, 2.05) is 41.5 Å². The Labute approximate surface area is 205 Å². The summed E-state index contributed by atoms with van der Waals surface area (Å²) in [6.45, 7) is 12.8. The summed E-state index contributed by atoms with van der Waals surface area (Å²) in [5.74, 6) is 0.611. The van der Waals surface area contributed by atoms with Crippen molar-refractivity contribution < 1.29 is 24.1 Å². The summed E-state index contributed by atoms with van der Waals surface area (Å²) in [6, 6.07) is 6.60. The second-order valence-corrected chi connectivity index (χ2v) is 8.93. The van der Waals surface area contributed by atoms with Gasteiger partial charge in [0.15, 0.2) is 22.4 Å². The summed E-state index contributed by atoms with van der Waals surface area (Å²) in [6.07, 6.45) is 0. The number of phenols is 1. The monoisotopic (exact) mass is 494 g/mol. The first kappa shape index (κ1) is 26.5. The molecule has 0 aliphatic rings. The van der Waals surface area contributed by atoms with Crippen molar-refractivity contribution in [2.45, 2.75) is 47.0 Å². The van der Waals surface area contributed by atoms with Crippen LogP contribution < -0.4 is 24.8 Å². The molecule has 0 saturated carbocycles. The standard InChI is InChI=1S/C24H31ClN2O5S/c1-7-30-18-10-14(11-19(31-8-2)21(18)32-9-3)22(29)27-23(33)26-17-13-15(24(4,5)6)12-16(25)20(17)28/h10-13,28H,7-9H2,1-6H3,(H2,26,27,29,33). The maximum absolute atomic E-state index is 12.9. The number of carbonyl (C=O) groups is 1. The molecule has 0 unspecified atom stereocenters. The molecule has 1 amide bonds. The zero-order valence-electron chi connectivity index (χ0n) is 19.8. The maximum Gasteiger partial charge on any atom is 0.257 e. The molecule has 2 aromatic carbocycles. The molecule has 180 valence electrons. The zero-order valence-corrected chi connectivity index (χ0v) is 21.4. The zero-order chi connectivity index (χ0) is 24.8. The minimum absolute atomic E-state index is 0.00207. The highest BCUT2D eigenvalue weighted by Gasteiger charge is 2.21. The molecular weight excluding hydrogens is 464 g/mol. The van der Waals surface area contributed by atoms with Crippen molar-refractivity contribution in [1.82, 2.24) is 5.32 Å². The molecule has 0 bridgehead atoms. The largest absolute Gasteiger partial charge is 0.504 e. The summed E-state index contributed by atoms with van der Waals surface area (Å²) < 4.78 is 17.0. The average Bonchev–Trinajstić information content (AvgIpc) is 2.72. The Bertz CT molecular complexity index is 994. The first-order chi connectivity index (χ1) is 15.5. The van der Waals surface area contributed by atoms with Crippen LogP contribution in [0, 0.1) is 0 Å². The third-order valence-corrected chi connectivity index (χ3v) is 5.07. The Morgan fingerprint density at radius 2 is 1.55 bits per heavy atom. The van der Waals surface area contributed by atoms with Crippen LogP contribution in [0.25, 0.3) is 0 Å². The summed E-state index contributed by atoms with van der Waals surface area (Å²) in [4.78, 5) is 12.9. The van der Waals surface area contributed by atoms with Gasteiger partial charge in [-0.25, -0.2) is 0 Å². The number of aromatic hydroxyl groups is 1. The average molecular weight is 495 g/mol. The number of hydrogen-bond donors (Lipinski definition) is 3. The van der Waals surface area contributed by atoms with E-state index in [4.69, 9.17) is 38.0 Å². The van der Waals surface area contributed by atoms with Crippen molar-refractivity contribution in [3.8, 4) is 23.0 Å². The highest BCUT2D eigenvalue weighted by molar-refractivity contribution is 7.80. The van der Waals surface area contributed by atoms with Crippen LogP contribution in [-0.2, 0) is 5.41 Å². The lowest BCUT2D eigenvalue weighted by Crippen LogP contribution is -2.34. The lowest BCUT2D eigenvalue weighted by atomic mass is 9.87. The van der Waals surface area contributed by atoms with Gasteiger partial charge in [-0.3, -0.25) is 10.1 Å². The van der Waals surface area contributed by atoms with Crippen LogP contribution in [0.15, 0.2) is 24.3 Å². The summed E-state index contributed by atoms with van der Waals surface area (Å²) in [5, 5.41) is 16.0. The number of halogens is 1. The van der Waals surface area contributed by atoms with Gasteiger partial charge >= 0.3 is 0 Å². The number of amides is 1. The molecular formula is C24H31ClN2O5S. The molecule has 0 spiro atoms. The lowest BCUT2D eigenvalue weighted by Gasteiger charge is -2.22. The number of anilines is 1. The van der Waals surface area contributed by atoms with Gasteiger partial charge in [0, 0.05) is 5.56 Å². The van der Waals surface area contributed by atoms with Gasteiger partial charge < -0.3 is 24.6 Å². The Hall–Kier alpha value is -2.71. The second-order valence-electron chi connectivity index (χ2n) is 8.11. The predicted octanol–water partition coefficient (Wildman–Crippen LogP) is 5.67. The van der Waals surface area contributed by atoms with E-state index in [0.717, 1.165) is 5.56 Å². The first-order valence-corrected chi connectivity index (χ1v) is 11.5. The van der Waals surface area contributed by atoms with Crippen LogP contribution in [0.1, 0.15) is 57.5 Å². The number of rotatable bonds is 8. The van der Waals surface area contributed by atoms with Gasteiger partial charge in [0.05, 0.1) is 30.5 Å². The van der Waals surface area contributed by atoms with E-state index in [1.54, 1.807) is 24.3 Å². The number of carbonyl (C=O) groups excluding carboxylic acids is 1. The van der Waals surface area contributed by atoms with Crippen LogP contribution in [0.5, 0.6) is 23.0 Å². The summed E-state index contributed by atoms with van der Waals surface area (Å²) >= 11 is 11.5. The topological polar surface area (TPSA) is 89.1 Å². The van der Waals surface area contributed by atoms with Gasteiger partial charge in [-0.05, 0) is 68.2 Å². The van der Waals surface area contributed by atoms with Crippen LogP contribution in [0.2, 0.25) is 5.02 Å². The van der Waals surface area contributed by atoms with E-state index >= 15 is 0 Å². The lowest BCUT2D eigenvalue weighted by molar-refractivity contribution is 0.0976. The van der Waals surface area contributed by atoms with Gasteiger partial charge in [-0.15, -0.1) is 0 Å². The molecule has 0 aromatic heterocycles. The Kier molecular flexibility index (Phi) is 9.19. The predicted molar refractivity (Wildman–Crippen MR) is 135 cm³/mol. The molecule has 0 aliphatic carbocycles. The van der Waals surface area contributed by atoms with Crippen molar-refractivity contribution in [2.75, 3.05) is 25.1 Å². The highest BCUT2D eigenvalue weighted by atomic mass is 35.5. The van der Waals surface area contributed by atoms with Gasteiger partial charge in [0.2, 0.25) is 5.75 Å². The molecule has 2 rings (SSSR count). The fourth-order valence-corrected chi connectivity index (χ4v) is 3.40. The number of benzene rings is 2. The molecule has 0 aliphatic heterocycles. The fourth-order valence-electron chi connectivity index (χ4n) is 2.98. The van der Waals surface area contributed by atoms with E-state index in [0.29, 0.717) is 42.8 Å². The van der Waals surface area contributed by atoms with Gasteiger partial charge in [0.25, 0.3) is 5.91 Å². The highest BCUT2D eigenvalue weighted by Crippen LogP contribution is 2.39. The van der Waals surface area contributed by atoms with Crippen molar-refractivity contribution in [3.05, 3.63) is 40.4 Å². The Morgan fingerprint density at radius 3 is 2.03 bits per heavy atom. The van der Waals surface area contributed by atoms with Crippen LogP contribution in [0.4, 0.5) is 5.69 Å². The molecule has 7 nitrogen and oxygen atoms in total. The SMILES string of the molecule is CCOc1cc(C(=O)NC(=S)Nc2cc(C(C)(C)C)cc(Cl)c2O)cc(OCC)c1OCC. The Morgan fingerprint density at radius 1 is 1.00 bits per heavy atom. The normalized spacial score (nSPS) is 11.0. The van der Waals surface area contributed by atoms with E-state index in [1.165, 1.54) is 0 Å². The van der Waals surface area contributed by atoms with E-state index < -0.39 is 5.91 Å². The van der Waals surface area contributed by atoms with Crippen LogP contribution >= 0.6 is 23.8 Å².